The number of primary amides is 1. The van der Waals surface area contributed by atoms with Gasteiger partial charge in [0.15, 0.2) is 11.4 Å². The third kappa shape index (κ3) is 4.34. The molecule has 0 aromatic heterocycles. The maximum Gasteiger partial charge on any atom is 0.255 e. The summed E-state index contributed by atoms with van der Waals surface area (Å²) in [5.74, 6) is -6.69. The highest BCUT2D eigenvalue weighted by molar-refractivity contribution is 6.24. The van der Waals surface area contributed by atoms with Gasteiger partial charge in [0.25, 0.3) is 5.91 Å². The Morgan fingerprint density at radius 2 is 1.88 bits per heavy atom. The lowest BCUT2D eigenvalue weighted by Crippen LogP contribution is -2.65. The van der Waals surface area contributed by atoms with Crippen molar-refractivity contribution in [3.8, 4) is 22.6 Å². The highest BCUT2D eigenvalue weighted by Gasteiger charge is 2.64. The highest BCUT2D eigenvalue weighted by atomic mass is 16.5. The molecule has 7 N–H and O–H groups in total. The Morgan fingerprint density at radius 1 is 1.19 bits per heavy atom. The van der Waals surface area contributed by atoms with Crippen molar-refractivity contribution in [2.45, 2.75) is 37.0 Å². The first-order valence-electron chi connectivity index (χ1n) is 13.8. The Kier molecular flexibility index (Phi) is 7.45. The van der Waals surface area contributed by atoms with Gasteiger partial charge >= 0.3 is 0 Å². The molecule has 43 heavy (non-hydrogen) atoms. The van der Waals surface area contributed by atoms with Crippen molar-refractivity contribution < 1.29 is 44.7 Å². The van der Waals surface area contributed by atoms with Crippen LogP contribution >= 0.6 is 0 Å². The van der Waals surface area contributed by atoms with Crippen molar-refractivity contribution in [2.75, 3.05) is 21.2 Å². The average molecular weight is 591 g/mol. The molecule has 2 aromatic rings. The van der Waals surface area contributed by atoms with Crippen LogP contribution in [-0.2, 0) is 20.8 Å². The van der Waals surface area contributed by atoms with E-state index >= 15 is 0 Å². The van der Waals surface area contributed by atoms with Gasteiger partial charge in [-0.3, -0.25) is 19.3 Å². The molecule has 0 bridgehead atoms. The van der Waals surface area contributed by atoms with E-state index in [0.717, 1.165) is 0 Å². The number of nitrogens with two attached hydrogens (primary N) is 1. The molecule has 2 aromatic carbocycles. The van der Waals surface area contributed by atoms with Crippen LogP contribution in [0.1, 0.15) is 35.6 Å². The maximum atomic E-state index is 14.1. The van der Waals surface area contributed by atoms with E-state index in [4.69, 9.17) is 10.5 Å². The molecule has 0 heterocycles. The van der Waals surface area contributed by atoms with Gasteiger partial charge in [-0.2, -0.15) is 0 Å². The van der Waals surface area contributed by atoms with Gasteiger partial charge in [0, 0.05) is 17.1 Å². The number of likely N-dealkylation sites (N-methyl/N-ethyl adjacent to an activating group) is 1. The summed E-state index contributed by atoms with van der Waals surface area (Å²) < 4.78 is 5.60. The van der Waals surface area contributed by atoms with Crippen LogP contribution in [0.2, 0.25) is 0 Å². The number of benzene rings is 2. The van der Waals surface area contributed by atoms with Crippen molar-refractivity contribution in [3.05, 3.63) is 76.6 Å². The van der Waals surface area contributed by atoms with Crippen LogP contribution in [0.5, 0.6) is 11.5 Å². The van der Waals surface area contributed by atoms with Crippen LogP contribution in [0.25, 0.3) is 16.9 Å². The van der Waals surface area contributed by atoms with Gasteiger partial charge in [-0.05, 0) is 74.2 Å². The molecule has 3 aliphatic rings. The van der Waals surface area contributed by atoms with Gasteiger partial charge in [-0.1, -0.05) is 18.2 Å². The molecule has 5 atom stereocenters. The number of rotatable bonds is 7. The first-order valence-corrected chi connectivity index (χ1v) is 13.8. The highest BCUT2D eigenvalue weighted by Crippen LogP contribution is 2.54. The van der Waals surface area contributed by atoms with Crippen LogP contribution in [-0.4, -0.2) is 80.8 Å². The largest absolute Gasteiger partial charge is 0.508 e. The average Bonchev–Trinajstić information content (AvgIpc) is 2.94. The molecule has 1 amide bonds. The number of carbonyl (C=O) groups is 3. The summed E-state index contributed by atoms with van der Waals surface area (Å²) >= 11 is 0. The van der Waals surface area contributed by atoms with Gasteiger partial charge in [0.2, 0.25) is 5.78 Å². The van der Waals surface area contributed by atoms with Crippen LogP contribution < -0.4 is 10.5 Å². The molecule has 11 nitrogen and oxygen atoms in total. The number of methoxy groups -OCH3 is 1. The number of phenols is 1. The maximum absolute atomic E-state index is 14.1. The quantitative estimate of drug-likeness (QED) is 0.206. The monoisotopic (exact) mass is 590 g/mol. The van der Waals surface area contributed by atoms with E-state index in [9.17, 15) is 39.9 Å². The number of phenolic OH excluding ortho intramolecular Hbond substituents is 1. The van der Waals surface area contributed by atoms with Gasteiger partial charge in [0.05, 0.1) is 24.8 Å². The first-order chi connectivity index (χ1) is 20.3. The molecule has 1 fully saturated rings. The second kappa shape index (κ2) is 10.7. The summed E-state index contributed by atoms with van der Waals surface area (Å²) in [6.07, 6.45) is 1.16. The molecular weight excluding hydrogens is 556 g/mol. The lowest BCUT2D eigenvalue weighted by Gasteiger charge is -2.50. The minimum atomic E-state index is -2.71. The predicted octanol–water partition coefficient (Wildman–Crippen LogP) is 2.25. The lowest BCUT2D eigenvalue weighted by molar-refractivity contribution is -0.153. The fourth-order valence-corrected chi connectivity index (χ4v) is 6.93. The Balaban J connectivity index is 1.73. The third-order valence-corrected chi connectivity index (χ3v) is 8.89. The van der Waals surface area contributed by atoms with Crippen molar-refractivity contribution in [1.82, 2.24) is 4.90 Å². The van der Waals surface area contributed by atoms with Crippen LogP contribution in [0.4, 0.5) is 0 Å². The summed E-state index contributed by atoms with van der Waals surface area (Å²) in [5.41, 5.74) is 3.75. The number of carbonyl (C=O) groups excluding carboxylic acids is 3. The fourth-order valence-electron chi connectivity index (χ4n) is 6.93. The number of Topliss-reactive ketones (excluding diaryl/α,β-unsaturated/α-hetero) is 2. The zero-order chi connectivity index (χ0) is 31.5. The molecule has 1 unspecified atom stereocenters. The number of amides is 1. The molecule has 0 radical (unpaired) electrons. The van der Waals surface area contributed by atoms with E-state index in [0.29, 0.717) is 34.4 Å². The molecule has 226 valence electrons. The lowest BCUT2D eigenvalue weighted by atomic mass is 9.57. The molecule has 5 rings (SSSR count). The second-order valence-corrected chi connectivity index (χ2v) is 11.4. The van der Waals surface area contributed by atoms with Gasteiger partial charge in [0.1, 0.15) is 28.6 Å². The smallest absolute Gasteiger partial charge is 0.255 e. The number of aromatic hydroxyl groups is 1. The van der Waals surface area contributed by atoms with Crippen LogP contribution in [0, 0.1) is 11.8 Å². The molecule has 0 saturated heterocycles. The first kappa shape index (κ1) is 30.0. The number of nitrogens with zero attached hydrogens (tertiary/aromatic N) is 1. The number of ketones is 2. The standard InChI is InChI=1S/C32H34N2O9/c1-5-6-20(35)14-7-10-22(43-4)17(11-14)16-8-9-21(36)24-18(16)12-15-13-19-26(34(2)3)28(38)25(31(33)41)30(40)32(19,42)29(39)23(15)27(24)37/h5,7-11,15,19-20,26,35-37,40,42H,1,6,12-13H2,2-4H3,(H2,33,41)/t15-,19-,20?,26-,32-/m0/s1. The van der Waals surface area contributed by atoms with E-state index in [1.165, 1.54) is 18.1 Å². The minimum absolute atomic E-state index is 0.0317. The molecule has 1 saturated carbocycles. The van der Waals surface area contributed by atoms with E-state index in [1.54, 1.807) is 44.4 Å². The number of hydrogen-bond donors (Lipinski definition) is 6. The van der Waals surface area contributed by atoms with Crippen LogP contribution in [0.15, 0.2) is 59.9 Å². The Morgan fingerprint density at radius 3 is 2.49 bits per heavy atom. The summed E-state index contributed by atoms with van der Waals surface area (Å²) in [6.45, 7) is 3.68. The zero-order valence-corrected chi connectivity index (χ0v) is 24.0. The van der Waals surface area contributed by atoms with E-state index in [-0.39, 0.29) is 29.7 Å². The van der Waals surface area contributed by atoms with E-state index in [1.807, 2.05) is 0 Å². The normalized spacial score (nSPS) is 25.7. The van der Waals surface area contributed by atoms with Crippen molar-refractivity contribution in [1.29, 1.82) is 0 Å². The number of aliphatic hydroxyl groups is 4. The summed E-state index contributed by atoms with van der Waals surface area (Å²) in [5, 5.41) is 55.9. The van der Waals surface area contributed by atoms with Gasteiger partial charge in [-0.15, -0.1) is 6.58 Å². The number of hydrogen-bond acceptors (Lipinski definition) is 10. The van der Waals surface area contributed by atoms with Crippen molar-refractivity contribution >= 4 is 23.2 Å². The van der Waals surface area contributed by atoms with E-state index < -0.39 is 64.1 Å². The second-order valence-electron chi connectivity index (χ2n) is 11.4. The molecule has 0 spiro atoms. The zero-order valence-electron chi connectivity index (χ0n) is 24.0. The van der Waals surface area contributed by atoms with E-state index in [2.05, 4.69) is 6.58 Å². The van der Waals surface area contributed by atoms with Crippen molar-refractivity contribution in [2.24, 2.45) is 17.6 Å². The van der Waals surface area contributed by atoms with Gasteiger partial charge in [-0.25, -0.2) is 0 Å². The fraction of sp³-hybridized carbons (Fsp3) is 0.344. The molecule has 11 heteroatoms. The molecular formula is C32H34N2O9. The minimum Gasteiger partial charge on any atom is -0.508 e. The predicted molar refractivity (Wildman–Crippen MR) is 156 cm³/mol. The van der Waals surface area contributed by atoms with Crippen molar-refractivity contribution in [3.63, 3.8) is 0 Å². The summed E-state index contributed by atoms with van der Waals surface area (Å²) in [6, 6.07) is 6.99. The number of fused-ring (bicyclic) bond motifs is 3. The van der Waals surface area contributed by atoms with Gasteiger partial charge < -0.3 is 36.0 Å². The third-order valence-electron chi connectivity index (χ3n) is 8.89. The summed E-state index contributed by atoms with van der Waals surface area (Å²) in [7, 11) is 4.58. The van der Waals surface area contributed by atoms with Crippen LogP contribution in [0.3, 0.4) is 0 Å². The number of aliphatic hydroxyl groups excluding tert-OH is 3. The Bertz CT molecular complexity index is 1640. The summed E-state index contributed by atoms with van der Waals surface area (Å²) in [4.78, 5) is 41.0. The SMILES string of the molecule is C=CCC(O)c1ccc(OC)c(-c2ccc(O)c3c2C[C@H]2C[C@H]4[C@H](N(C)C)C(=O)C(C(N)=O)=C(O)[C@@]4(O)C(=O)C2=C3O)c1. The number of ether oxygens (including phenoxy) is 1. The topological polar surface area (TPSA) is 191 Å². The Labute approximate surface area is 247 Å². The molecule has 0 aliphatic heterocycles. The Hall–Kier alpha value is -4.45. The molecule has 3 aliphatic carbocycles.